The molecule has 0 bridgehead atoms. The fourth-order valence-electron chi connectivity index (χ4n) is 3.21. The summed E-state index contributed by atoms with van der Waals surface area (Å²) in [7, 11) is 3.20. The van der Waals surface area contributed by atoms with Crippen LogP contribution in [0.3, 0.4) is 0 Å². The highest BCUT2D eigenvalue weighted by Crippen LogP contribution is 2.44. The number of benzene rings is 1. The van der Waals surface area contributed by atoms with Gasteiger partial charge in [-0.1, -0.05) is 19.4 Å². The number of ether oxygens (including phenoxy) is 2. The molecule has 6 nitrogen and oxygen atoms in total. The SMILES string of the molecule is COc1ccc(CC(C)CNC(=O)CC2(C(=O)O)CCC2)cc1OC. The Labute approximate surface area is 148 Å². The number of methoxy groups -OCH3 is 2. The molecular formula is C19H27NO5. The summed E-state index contributed by atoms with van der Waals surface area (Å²) in [6, 6.07) is 5.78. The molecule has 0 aliphatic heterocycles. The zero-order valence-corrected chi connectivity index (χ0v) is 15.1. The van der Waals surface area contributed by atoms with Crippen molar-refractivity contribution in [3.8, 4) is 11.5 Å². The first-order valence-corrected chi connectivity index (χ1v) is 8.61. The van der Waals surface area contributed by atoms with E-state index in [1.54, 1.807) is 14.2 Å². The molecule has 0 saturated heterocycles. The van der Waals surface area contributed by atoms with Gasteiger partial charge in [0.15, 0.2) is 11.5 Å². The molecule has 1 saturated carbocycles. The Balaban J connectivity index is 1.83. The second-order valence-electron chi connectivity index (χ2n) is 6.92. The van der Waals surface area contributed by atoms with E-state index in [9.17, 15) is 14.7 Å². The molecule has 1 aromatic carbocycles. The summed E-state index contributed by atoms with van der Waals surface area (Å²) in [6.07, 6.45) is 2.93. The Morgan fingerprint density at radius 3 is 2.44 bits per heavy atom. The van der Waals surface area contributed by atoms with Crippen LogP contribution in [0.4, 0.5) is 0 Å². The predicted molar refractivity (Wildman–Crippen MR) is 94.0 cm³/mol. The highest BCUT2D eigenvalue weighted by molar-refractivity contribution is 5.85. The van der Waals surface area contributed by atoms with Crippen LogP contribution in [0.15, 0.2) is 18.2 Å². The number of aliphatic carboxylic acids is 1. The molecule has 2 rings (SSSR count). The minimum absolute atomic E-state index is 0.0748. The molecule has 0 radical (unpaired) electrons. The molecule has 1 fully saturated rings. The number of rotatable bonds is 9. The quantitative estimate of drug-likeness (QED) is 0.716. The third kappa shape index (κ3) is 4.65. The minimum atomic E-state index is -0.854. The van der Waals surface area contributed by atoms with Crippen LogP contribution >= 0.6 is 0 Å². The second kappa shape index (κ2) is 8.23. The van der Waals surface area contributed by atoms with Gasteiger partial charge in [0.2, 0.25) is 5.91 Å². The molecule has 1 atom stereocenters. The van der Waals surface area contributed by atoms with Crippen molar-refractivity contribution in [2.45, 2.75) is 39.0 Å². The van der Waals surface area contributed by atoms with E-state index in [-0.39, 0.29) is 18.2 Å². The van der Waals surface area contributed by atoms with E-state index >= 15 is 0 Å². The molecule has 1 aliphatic carbocycles. The zero-order chi connectivity index (χ0) is 18.4. The normalized spacial score (nSPS) is 16.4. The number of carboxylic acid groups (broad SMARTS) is 1. The highest BCUT2D eigenvalue weighted by Gasteiger charge is 2.45. The molecule has 1 aliphatic rings. The van der Waals surface area contributed by atoms with Gasteiger partial charge in [-0.3, -0.25) is 9.59 Å². The largest absolute Gasteiger partial charge is 0.493 e. The minimum Gasteiger partial charge on any atom is -0.493 e. The molecular weight excluding hydrogens is 322 g/mol. The molecule has 0 heterocycles. The first-order chi connectivity index (χ1) is 11.9. The number of carbonyl (C=O) groups is 2. The maximum absolute atomic E-state index is 12.1. The van der Waals surface area contributed by atoms with Gasteiger partial charge < -0.3 is 19.9 Å². The van der Waals surface area contributed by atoms with Gasteiger partial charge in [-0.2, -0.15) is 0 Å². The maximum atomic E-state index is 12.1. The Morgan fingerprint density at radius 2 is 1.92 bits per heavy atom. The van der Waals surface area contributed by atoms with Gasteiger partial charge in [0.1, 0.15) is 0 Å². The summed E-state index contributed by atoms with van der Waals surface area (Å²) in [6.45, 7) is 2.57. The smallest absolute Gasteiger partial charge is 0.310 e. The molecule has 2 N–H and O–H groups in total. The van der Waals surface area contributed by atoms with Gasteiger partial charge in [-0.25, -0.2) is 0 Å². The van der Waals surface area contributed by atoms with Crippen LogP contribution in [0.2, 0.25) is 0 Å². The summed E-state index contributed by atoms with van der Waals surface area (Å²) in [5.74, 6) is 0.564. The van der Waals surface area contributed by atoms with Crippen molar-refractivity contribution in [2.75, 3.05) is 20.8 Å². The predicted octanol–water partition coefficient (Wildman–Crippen LogP) is 2.64. The van der Waals surface area contributed by atoms with E-state index < -0.39 is 11.4 Å². The van der Waals surface area contributed by atoms with Crippen LogP contribution < -0.4 is 14.8 Å². The summed E-state index contributed by atoms with van der Waals surface area (Å²) in [5, 5.41) is 12.2. The van der Waals surface area contributed by atoms with Crippen LogP contribution in [0.1, 0.15) is 38.2 Å². The monoisotopic (exact) mass is 349 g/mol. The number of hydrogen-bond acceptors (Lipinski definition) is 4. The average Bonchev–Trinajstić information content (AvgIpc) is 2.55. The van der Waals surface area contributed by atoms with E-state index in [0.717, 1.165) is 18.4 Å². The third-order valence-electron chi connectivity index (χ3n) is 4.94. The average molecular weight is 349 g/mol. The van der Waals surface area contributed by atoms with Gasteiger partial charge in [0.05, 0.1) is 19.6 Å². The van der Waals surface area contributed by atoms with Crippen molar-refractivity contribution < 1.29 is 24.2 Å². The molecule has 1 amide bonds. The number of amides is 1. The molecule has 1 aromatic rings. The Hall–Kier alpha value is -2.24. The van der Waals surface area contributed by atoms with Gasteiger partial charge >= 0.3 is 5.97 Å². The van der Waals surface area contributed by atoms with Crippen LogP contribution in [0.5, 0.6) is 11.5 Å². The van der Waals surface area contributed by atoms with E-state index in [1.807, 2.05) is 25.1 Å². The highest BCUT2D eigenvalue weighted by atomic mass is 16.5. The first kappa shape index (κ1) is 19.1. The van der Waals surface area contributed by atoms with Crippen LogP contribution in [-0.2, 0) is 16.0 Å². The molecule has 0 aromatic heterocycles. The van der Waals surface area contributed by atoms with Crippen LogP contribution in [-0.4, -0.2) is 37.7 Å². The summed E-state index contributed by atoms with van der Waals surface area (Å²) >= 11 is 0. The Kier molecular flexibility index (Phi) is 6.28. The topological polar surface area (TPSA) is 84.9 Å². The van der Waals surface area contributed by atoms with Crippen molar-refractivity contribution in [3.63, 3.8) is 0 Å². The molecule has 138 valence electrons. The first-order valence-electron chi connectivity index (χ1n) is 8.61. The zero-order valence-electron chi connectivity index (χ0n) is 15.1. The Bertz CT molecular complexity index is 624. The molecule has 0 spiro atoms. The fourth-order valence-corrected chi connectivity index (χ4v) is 3.21. The third-order valence-corrected chi connectivity index (χ3v) is 4.94. The maximum Gasteiger partial charge on any atom is 0.310 e. The van der Waals surface area contributed by atoms with Gasteiger partial charge in [0, 0.05) is 13.0 Å². The fraction of sp³-hybridized carbons (Fsp3) is 0.579. The molecule has 6 heteroatoms. The van der Waals surface area contributed by atoms with Crippen molar-refractivity contribution in [1.82, 2.24) is 5.32 Å². The van der Waals surface area contributed by atoms with E-state index in [2.05, 4.69) is 5.32 Å². The van der Waals surface area contributed by atoms with Gasteiger partial charge in [-0.05, 0) is 42.9 Å². The standard InChI is InChI=1S/C19H27NO5/c1-13(9-14-5-6-15(24-2)16(10-14)25-3)12-20-17(21)11-19(18(22)23)7-4-8-19/h5-6,10,13H,4,7-9,11-12H2,1-3H3,(H,20,21)(H,22,23). The lowest BCUT2D eigenvalue weighted by atomic mass is 9.66. The van der Waals surface area contributed by atoms with E-state index in [1.165, 1.54) is 0 Å². The summed E-state index contributed by atoms with van der Waals surface area (Å²) < 4.78 is 10.5. The lowest BCUT2D eigenvalue weighted by molar-refractivity contribution is -0.157. The number of hydrogen-bond donors (Lipinski definition) is 2. The van der Waals surface area contributed by atoms with Crippen molar-refractivity contribution in [2.24, 2.45) is 11.3 Å². The van der Waals surface area contributed by atoms with Gasteiger partial charge in [0.25, 0.3) is 0 Å². The van der Waals surface area contributed by atoms with Crippen molar-refractivity contribution in [1.29, 1.82) is 0 Å². The summed E-state index contributed by atoms with van der Waals surface area (Å²) in [5.41, 5.74) is 0.261. The van der Waals surface area contributed by atoms with E-state index in [0.29, 0.717) is 30.9 Å². The number of carbonyl (C=O) groups excluding carboxylic acids is 1. The second-order valence-corrected chi connectivity index (χ2v) is 6.92. The Morgan fingerprint density at radius 1 is 1.24 bits per heavy atom. The lowest BCUT2D eigenvalue weighted by Gasteiger charge is -2.37. The van der Waals surface area contributed by atoms with Crippen LogP contribution in [0.25, 0.3) is 0 Å². The van der Waals surface area contributed by atoms with Crippen molar-refractivity contribution >= 4 is 11.9 Å². The van der Waals surface area contributed by atoms with E-state index in [4.69, 9.17) is 9.47 Å². The van der Waals surface area contributed by atoms with Gasteiger partial charge in [-0.15, -0.1) is 0 Å². The molecule has 1 unspecified atom stereocenters. The van der Waals surface area contributed by atoms with Crippen molar-refractivity contribution in [3.05, 3.63) is 23.8 Å². The van der Waals surface area contributed by atoms with Crippen LogP contribution in [0, 0.1) is 11.3 Å². The molecule has 25 heavy (non-hydrogen) atoms. The number of carboxylic acids is 1. The number of nitrogens with one attached hydrogen (secondary N) is 1. The summed E-state index contributed by atoms with van der Waals surface area (Å²) in [4.78, 5) is 23.4. The lowest BCUT2D eigenvalue weighted by Crippen LogP contribution is -2.43.